The van der Waals surface area contributed by atoms with Gasteiger partial charge in [-0.15, -0.1) is 0 Å². The summed E-state index contributed by atoms with van der Waals surface area (Å²) in [4.78, 5) is 11.6. The maximum absolute atomic E-state index is 11.6. The van der Waals surface area contributed by atoms with Gasteiger partial charge in [-0.3, -0.25) is 10.1 Å². The largest absolute Gasteiger partial charge is 0.480 e. The molecule has 0 amide bonds. The van der Waals surface area contributed by atoms with Crippen molar-refractivity contribution >= 4 is 5.97 Å². The number of carboxylic acid groups (broad SMARTS) is 1. The predicted octanol–water partition coefficient (Wildman–Crippen LogP) is 2.98. The monoisotopic (exact) mass is 311 g/mol. The molecule has 0 spiro atoms. The third-order valence-electron chi connectivity index (χ3n) is 4.36. The van der Waals surface area contributed by atoms with Crippen LogP contribution in [0.15, 0.2) is 60.7 Å². The van der Waals surface area contributed by atoms with Crippen LogP contribution in [0.2, 0.25) is 0 Å². The van der Waals surface area contributed by atoms with E-state index in [1.54, 1.807) is 0 Å². The molecule has 4 nitrogen and oxygen atoms in total. The fourth-order valence-corrected chi connectivity index (χ4v) is 2.89. The first kappa shape index (κ1) is 15.7. The van der Waals surface area contributed by atoms with E-state index in [0.717, 1.165) is 11.1 Å². The topological polar surface area (TPSA) is 58.6 Å². The van der Waals surface area contributed by atoms with E-state index in [1.165, 1.54) is 0 Å². The molecule has 0 aliphatic heterocycles. The Hall–Kier alpha value is -2.17. The zero-order valence-corrected chi connectivity index (χ0v) is 12.9. The Bertz CT molecular complexity index is 636. The van der Waals surface area contributed by atoms with E-state index in [0.29, 0.717) is 26.0 Å². The maximum atomic E-state index is 11.6. The lowest BCUT2D eigenvalue weighted by Gasteiger charge is -2.44. The molecule has 1 saturated carbocycles. The standard InChI is InChI=1S/C19H21NO3/c21-18(22)19(20-13-15-7-3-1-4-8-15)11-17(12-19)23-14-16-9-5-2-6-10-16/h1-10,17,20H,11-14H2,(H,21,22). The van der Waals surface area contributed by atoms with Crippen LogP contribution in [0.3, 0.4) is 0 Å². The number of carbonyl (C=O) groups is 1. The van der Waals surface area contributed by atoms with Crippen molar-refractivity contribution in [3.8, 4) is 0 Å². The minimum Gasteiger partial charge on any atom is -0.480 e. The molecule has 2 aromatic carbocycles. The van der Waals surface area contributed by atoms with Gasteiger partial charge in [0.25, 0.3) is 0 Å². The highest BCUT2D eigenvalue weighted by Crippen LogP contribution is 2.35. The molecular formula is C19H21NO3. The van der Waals surface area contributed by atoms with Crippen molar-refractivity contribution in [3.05, 3.63) is 71.8 Å². The number of hydrogen-bond acceptors (Lipinski definition) is 3. The minimum atomic E-state index is -0.864. The highest BCUT2D eigenvalue weighted by Gasteiger charge is 2.50. The summed E-state index contributed by atoms with van der Waals surface area (Å²) in [5.41, 5.74) is 1.33. The van der Waals surface area contributed by atoms with Crippen LogP contribution in [-0.4, -0.2) is 22.7 Å². The van der Waals surface area contributed by atoms with Gasteiger partial charge in [0.1, 0.15) is 5.54 Å². The first-order valence-electron chi connectivity index (χ1n) is 7.86. The second-order valence-electron chi connectivity index (χ2n) is 6.05. The lowest BCUT2D eigenvalue weighted by molar-refractivity contribution is -0.159. The summed E-state index contributed by atoms with van der Waals surface area (Å²) in [6, 6.07) is 19.8. The summed E-state index contributed by atoms with van der Waals surface area (Å²) >= 11 is 0. The van der Waals surface area contributed by atoms with Crippen LogP contribution in [0.1, 0.15) is 24.0 Å². The number of benzene rings is 2. The van der Waals surface area contributed by atoms with E-state index in [1.807, 2.05) is 60.7 Å². The van der Waals surface area contributed by atoms with E-state index in [9.17, 15) is 9.90 Å². The Labute approximate surface area is 136 Å². The van der Waals surface area contributed by atoms with Crippen LogP contribution in [0, 0.1) is 0 Å². The van der Waals surface area contributed by atoms with Gasteiger partial charge in [-0.25, -0.2) is 0 Å². The van der Waals surface area contributed by atoms with Crippen molar-refractivity contribution in [1.29, 1.82) is 0 Å². The molecule has 0 saturated heterocycles. The molecule has 120 valence electrons. The van der Waals surface area contributed by atoms with E-state index in [4.69, 9.17) is 4.74 Å². The van der Waals surface area contributed by atoms with Crippen LogP contribution >= 0.6 is 0 Å². The van der Waals surface area contributed by atoms with Crippen molar-refractivity contribution in [3.63, 3.8) is 0 Å². The fourth-order valence-electron chi connectivity index (χ4n) is 2.89. The molecule has 1 fully saturated rings. The molecule has 0 unspecified atom stereocenters. The second-order valence-corrected chi connectivity index (χ2v) is 6.05. The highest BCUT2D eigenvalue weighted by molar-refractivity contribution is 5.80. The molecule has 2 aromatic rings. The Morgan fingerprint density at radius 1 is 1.04 bits per heavy atom. The minimum absolute atomic E-state index is 0.00502. The number of rotatable bonds is 7. The molecule has 23 heavy (non-hydrogen) atoms. The SMILES string of the molecule is O=C(O)C1(NCc2ccccc2)CC(OCc2ccccc2)C1. The van der Waals surface area contributed by atoms with E-state index in [2.05, 4.69) is 5.32 Å². The normalized spacial score (nSPS) is 23.2. The quantitative estimate of drug-likeness (QED) is 0.825. The summed E-state index contributed by atoms with van der Waals surface area (Å²) < 4.78 is 5.82. The summed E-state index contributed by atoms with van der Waals surface area (Å²) in [5, 5.41) is 12.7. The van der Waals surface area contributed by atoms with Crippen LogP contribution < -0.4 is 5.32 Å². The smallest absolute Gasteiger partial charge is 0.324 e. The Morgan fingerprint density at radius 3 is 2.17 bits per heavy atom. The van der Waals surface area contributed by atoms with Crippen molar-refractivity contribution in [1.82, 2.24) is 5.32 Å². The highest BCUT2D eigenvalue weighted by atomic mass is 16.5. The molecule has 0 atom stereocenters. The van der Waals surface area contributed by atoms with Crippen LogP contribution in [0.4, 0.5) is 0 Å². The third-order valence-corrected chi connectivity index (χ3v) is 4.36. The first-order chi connectivity index (χ1) is 11.2. The van der Waals surface area contributed by atoms with Gasteiger partial charge in [-0.2, -0.15) is 0 Å². The van der Waals surface area contributed by atoms with Gasteiger partial charge in [0.05, 0.1) is 12.7 Å². The van der Waals surface area contributed by atoms with Gasteiger partial charge in [0.2, 0.25) is 0 Å². The molecule has 4 heteroatoms. The molecule has 3 rings (SSSR count). The lowest BCUT2D eigenvalue weighted by atomic mass is 9.74. The molecule has 2 N–H and O–H groups in total. The average Bonchev–Trinajstić information content (AvgIpc) is 2.55. The number of hydrogen-bond donors (Lipinski definition) is 2. The third kappa shape index (κ3) is 3.78. The first-order valence-corrected chi connectivity index (χ1v) is 7.86. The van der Waals surface area contributed by atoms with Crippen molar-refractivity contribution < 1.29 is 14.6 Å². The number of carboxylic acids is 1. The van der Waals surface area contributed by atoms with Gasteiger partial charge in [0, 0.05) is 19.4 Å². The van der Waals surface area contributed by atoms with Crippen LogP contribution in [0.5, 0.6) is 0 Å². The molecular weight excluding hydrogens is 290 g/mol. The average molecular weight is 311 g/mol. The maximum Gasteiger partial charge on any atom is 0.324 e. The van der Waals surface area contributed by atoms with Gasteiger partial charge >= 0.3 is 5.97 Å². The fraction of sp³-hybridized carbons (Fsp3) is 0.316. The molecule has 0 bridgehead atoms. The second kappa shape index (κ2) is 6.94. The predicted molar refractivity (Wildman–Crippen MR) is 87.9 cm³/mol. The van der Waals surface area contributed by atoms with E-state index < -0.39 is 11.5 Å². The summed E-state index contributed by atoms with van der Waals surface area (Å²) in [6.07, 6.45) is 0.999. The van der Waals surface area contributed by atoms with Crippen molar-refractivity contribution in [2.24, 2.45) is 0 Å². The molecule has 1 aliphatic rings. The molecule has 0 radical (unpaired) electrons. The molecule has 0 aromatic heterocycles. The summed E-state index contributed by atoms with van der Waals surface area (Å²) in [6.45, 7) is 1.08. The lowest BCUT2D eigenvalue weighted by Crippen LogP contribution is -2.63. The molecule has 0 heterocycles. The van der Waals surface area contributed by atoms with Crippen LogP contribution in [0.25, 0.3) is 0 Å². The van der Waals surface area contributed by atoms with Gasteiger partial charge < -0.3 is 9.84 Å². The number of aliphatic carboxylic acids is 1. The summed E-state index contributed by atoms with van der Waals surface area (Å²) in [5.74, 6) is -0.798. The van der Waals surface area contributed by atoms with Crippen molar-refractivity contribution in [2.75, 3.05) is 0 Å². The van der Waals surface area contributed by atoms with Gasteiger partial charge in [-0.1, -0.05) is 60.7 Å². The Kier molecular flexibility index (Phi) is 4.74. The number of ether oxygens (including phenoxy) is 1. The Morgan fingerprint density at radius 2 is 1.61 bits per heavy atom. The zero-order valence-electron chi connectivity index (χ0n) is 12.9. The zero-order chi connectivity index (χ0) is 16.1. The van der Waals surface area contributed by atoms with E-state index >= 15 is 0 Å². The van der Waals surface area contributed by atoms with Crippen molar-refractivity contribution in [2.45, 2.75) is 37.6 Å². The Balaban J connectivity index is 1.51. The van der Waals surface area contributed by atoms with Crippen LogP contribution in [-0.2, 0) is 22.7 Å². The van der Waals surface area contributed by atoms with Gasteiger partial charge in [0.15, 0.2) is 0 Å². The van der Waals surface area contributed by atoms with Gasteiger partial charge in [-0.05, 0) is 11.1 Å². The number of nitrogens with one attached hydrogen (secondary N) is 1. The van der Waals surface area contributed by atoms with E-state index in [-0.39, 0.29) is 6.10 Å². The summed E-state index contributed by atoms with van der Waals surface area (Å²) in [7, 11) is 0. The molecule has 1 aliphatic carbocycles.